The fourth-order valence-electron chi connectivity index (χ4n) is 6.13. The average Bonchev–Trinajstić information content (AvgIpc) is 2.83. The fraction of sp³-hybridized carbons (Fsp3) is 0.475. The van der Waals surface area contributed by atoms with Crippen LogP contribution in [0.2, 0.25) is 0 Å². The van der Waals surface area contributed by atoms with Gasteiger partial charge in [-0.2, -0.15) is 0 Å². The maximum absolute atomic E-state index is 10.8. The average molecular weight is 583 g/mol. The molecule has 3 unspecified atom stereocenters. The van der Waals surface area contributed by atoms with Crippen LogP contribution >= 0.6 is 0 Å². The van der Waals surface area contributed by atoms with Gasteiger partial charge >= 0.3 is 0 Å². The van der Waals surface area contributed by atoms with Crippen LogP contribution in [-0.2, 0) is 0 Å². The van der Waals surface area contributed by atoms with E-state index in [4.69, 9.17) is 0 Å². The van der Waals surface area contributed by atoms with Crippen molar-refractivity contribution in [1.82, 2.24) is 0 Å². The first-order chi connectivity index (χ1) is 19.9. The second kappa shape index (κ2) is 15.6. The van der Waals surface area contributed by atoms with Gasteiger partial charge < -0.3 is 15.3 Å². The van der Waals surface area contributed by atoms with E-state index >= 15 is 0 Å². The van der Waals surface area contributed by atoms with E-state index in [-0.39, 0.29) is 16.9 Å². The fourth-order valence-corrected chi connectivity index (χ4v) is 6.13. The summed E-state index contributed by atoms with van der Waals surface area (Å²) in [5, 5.41) is 31.0. The summed E-state index contributed by atoms with van der Waals surface area (Å²) in [6.45, 7) is 20.4. The summed E-state index contributed by atoms with van der Waals surface area (Å²) in [5.41, 5.74) is 9.40. The molecule has 1 fully saturated rings. The quantitative estimate of drug-likeness (QED) is 0.160. The Kier molecular flexibility index (Phi) is 13.1. The molecule has 232 valence electrons. The van der Waals surface area contributed by atoms with E-state index in [0.29, 0.717) is 19.3 Å². The predicted molar refractivity (Wildman–Crippen MR) is 183 cm³/mol. The molecule has 0 aromatic rings. The van der Waals surface area contributed by atoms with Gasteiger partial charge in [-0.15, -0.1) is 5.73 Å². The topological polar surface area (TPSA) is 60.7 Å². The molecule has 0 aromatic heterocycles. The minimum absolute atomic E-state index is 0.0907. The number of hydrogen-bond donors (Lipinski definition) is 3. The van der Waals surface area contributed by atoms with E-state index in [1.165, 1.54) is 5.57 Å². The van der Waals surface area contributed by atoms with E-state index in [9.17, 15) is 15.3 Å². The summed E-state index contributed by atoms with van der Waals surface area (Å²) in [4.78, 5) is 0. The number of allylic oxidation sites excluding steroid dienone is 15. The Hall–Kier alpha value is -3.12. The van der Waals surface area contributed by atoms with Crippen molar-refractivity contribution >= 4 is 0 Å². The molecule has 0 aromatic carbocycles. The molecule has 0 spiro atoms. The Balaban J connectivity index is 1.97. The SMILES string of the molecule is CC(C#CC1=C(C)CC(O)CC1(C)C)=CC=CC(C)=CC=CC=C(C)C=CC=C(C)C=C=C1C(C)(C)CC(O)CC1(C)O. The van der Waals surface area contributed by atoms with Gasteiger partial charge in [-0.05, 0) is 83.4 Å². The smallest absolute Gasteiger partial charge is 0.0931 e. The van der Waals surface area contributed by atoms with Gasteiger partial charge in [0.25, 0.3) is 0 Å². The summed E-state index contributed by atoms with van der Waals surface area (Å²) in [7, 11) is 0. The molecule has 0 heterocycles. The second-order valence-electron chi connectivity index (χ2n) is 13.9. The van der Waals surface area contributed by atoms with E-state index in [1.807, 2.05) is 70.2 Å². The van der Waals surface area contributed by atoms with Crippen LogP contribution in [-0.4, -0.2) is 33.1 Å². The van der Waals surface area contributed by atoms with Crippen LogP contribution < -0.4 is 0 Å². The first kappa shape index (κ1) is 36.1. The second-order valence-corrected chi connectivity index (χ2v) is 13.9. The van der Waals surface area contributed by atoms with Crippen LogP contribution in [0.15, 0.2) is 112 Å². The van der Waals surface area contributed by atoms with Gasteiger partial charge in [0, 0.05) is 23.0 Å². The molecule has 3 heteroatoms. The summed E-state index contributed by atoms with van der Waals surface area (Å²) < 4.78 is 0. The van der Waals surface area contributed by atoms with Gasteiger partial charge in [-0.25, -0.2) is 0 Å². The van der Waals surface area contributed by atoms with Crippen molar-refractivity contribution in [3.05, 3.63) is 112 Å². The van der Waals surface area contributed by atoms with Crippen molar-refractivity contribution < 1.29 is 15.3 Å². The van der Waals surface area contributed by atoms with Crippen LogP contribution in [0.5, 0.6) is 0 Å². The van der Waals surface area contributed by atoms with Gasteiger partial charge in [0.2, 0.25) is 0 Å². The van der Waals surface area contributed by atoms with Crippen LogP contribution in [0.4, 0.5) is 0 Å². The molecule has 0 amide bonds. The van der Waals surface area contributed by atoms with Crippen molar-refractivity contribution in [2.24, 2.45) is 10.8 Å². The highest BCUT2D eigenvalue weighted by Crippen LogP contribution is 2.45. The standard InChI is InChI=1S/C40H54O3/c1-29(17-13-19-31(3)21-23-36-33(5)25-34(41)26-38(36,6)7)15-11-12-16-30(2)18-14-20-32(4)22-24-37-39(8,9)27-35(42)28-40(37,10)43/h11-20,22,34-35,41-43H,25-28H2,1-10H3. The lowest BCUT2D eigenvalue weighted by Gasteiger charge is -2.43. The third kappa shape index (κ3) is 11.8. The molecular weight excluding hydrogens is 528 g/mol. The van der Waals surface area contributed by atoms with Gasteiger partial charge in [0.05, 0.1) is 17.8 Å². The largest absolute Gasteiger partial charge is 0.393 e. The third-order valence-corrected chi connectivity index (χ3v) is 8.07. The summed E-state index contributed by atoms with van der Waals surface area (Å²) >= 11 is 0. The normalized spacial score (nSPS) is 27.1. The molecule has 43 heavy (non-hydrogen) atoms. The van der Waals surface area contributed by atoms with Crippen molar-refractivity contribution in [1.29, 1.82) is 0 Å². The van der Waals surface area contributed by atoms with Crippen LogP contribution in [0.25, 0.3) is 0 Å². The highest BCUT2D eigenvalue weighted by Gasteiger charge is 2.44. The van der Waals surface area contributed by atoms with Gasteiger partial charge in [0.15, 0.2) is 0 Å². The van der Waals surface area contributed by atoms with Crippen molar-refractivity contribution in [2.45, 2.75) is 113 Å². The molecule has 2 aliphatic rings. The molecule has 0 saturated heterocycles. The Bertz CT molecular complexity index is 1370. The number of aliphatic hydroxyl groups excluding tert-OH is 2. The number of aliphatic hydroxyl groups is 3. The van der Waals surface area contributed by atoms with Crippen molar-refractivity contribution in [2.75, 3.05) is 0 Å². The first-order valence-electron chi connectivity index (χ1n) is 15.4. The lowest BCUT2D eigenvalue weighted by Crippen LogP contribution is -2.45. The summed E-state index contributed by atoms with van der Waals surface area (Å²) in [6.07, 6.45) is 24.0. The molecule has 3 atom stereocenters. The Morgan fingerprint density at radius 3 is 1.81 bits per heavy atom. The van der Waals surface area contributed by atoms with Gasteiger partial charge in [-0.1, -0.05) is 117 Å². The highest BCUT2D eigenvalue weighted by atomic mass is 16.3. The summed E-state index contributed by atoms with van der Waals surface area (Å²) in [5.74, 6) is 6.66. The zero-order valence-corrected chi connectivity index (χ0v) is 28.2. The molecule has 1 saturated carbocycles. The van der Waals surface area contributed by atoms with E-state index < -0.39 is 11.7 Å². The van der Waals surface area contributed by atoms with Gasteiger partial charge in [0.1, 0.15) is 0 Å². The maximum Gasteiger partial charge on any atom is 0.0931 e. The molecule has 3 N–H and O–H groups in total. The predicted octanol–water partition coefficient (Wildman–Crippen LogP) is 8.95. The highest BCUT2D eigenvalue weighted by molar-refractivity contribution is 5.45. The number of rotatable bonds is 7. The maximum atomic E-state index is 10.8. The van der Waals surface area contributed by atoms with E-state index in [1.54, 1.807) is 6.92 Å². The van der Waals surface area contributed by atoms with Crippen molar-refractivity contribution in [3.63, 3.8) is 0 Å². The molecule has 2 aliphatic carbocycles. The lowest BCUT2D eigenvalue weighted by molar-refractivity contribution is -0.0268. The first-order valence-corrected chi connectivity index (χ1v) is 15.4. The zero-order chi connectivity index (χ0) is 32.4. The van der Waals surface area contributed by atoms with Crippen LogP contribution in [0.3, 0.4) is 0 Å². The lowest BCUT2D eigenvalue weighted by atomic mass is 9.65. The molecule has 3 nitrogen and oxygen atoms in total. The Morgan fingerprint density at radius 2 is 1.26 bits per heavy atom. The Labute approximate surface area is 261 Å². The molecule has 0 bridgehead atoms. The zero-order valence-electron chi connectivity index (χ0n) is 28.2. The van der Waals surface area contributed by atoms with Crippen molar-refractivity contribution in [3.8, 4) is 11.8 Å². The minimum Gasteiger partial charge on any atom is -0.393 e. The molecule has 0 aliphatic heterocycles. The van der Waals surface area contributed by atoms with E-state index in [2.05, 4.69) is 76.5 Å². The number of hydrogen-bond acceptors (Lipinski definition) is 3. The summed E-state index contributed by atoms with van der Waals surface area (Å²) in [6, 6.07) is 0. The van der Waals surface area contributed by atoms with Crippen LogP contribution in [0.1, 0.15) is 94.9 Å². The van der Waals surface area contributed by atoms with Crippen LogP contribution in [0, 0.1) is 22.7 Å². The Morgan fingerprint density at radius 1 is 0.721 bits per heavy atom. The minimum atomic E-state index is -1.05. The molecule has 2 rings (SSSR count). The van der Waals surface area contributed by atoms with Gasteiger partial charge in [-0.3, -0.25) is 0 Å². The molecular formula is C40H54O3. The van der Waals surface area contributed by atoms with E-state index in [0.717, 1.165) is 39.9 Å². The third-order valence-electron chi connectivity index (χ3n) is 8.07. The monoisotopic (exact) mass is 582 g/mol. The molecule has 0 radical (unpaired) electrons.